The summed E-state index contributed by atoms with van der Waals surface area (Å²) in [6, 6.07) is 0. The zero-order valence-electron chi connectivity index (χ0n) is 9.13. The zero-order chi connectivity index (χ0) is 10.6. The maximum atomic E-state index is 11.4. The van der Waals surface area contributed by atoms with E-state index in [1.165, 1.54) is 0 Å². The van der Waals surface area contributed by atoms with Crippen molar-refractivity contribution in [3.63, 3.8) is 0 Å². The van der Waals surface area contributed by atoms with Crippen molar-refractivity contribution in [2.45, 2.75) is 38.6 Å². The van der Waals surface area contributed by atoms with Crippen molar-refractivity contribution in [2.75, 3.05) is 7.05 Å². The summed E-state index contributed by atoms with van der Waals surface area (Å²) in [5, 5.41) is 12.4. The minimum Gasteiger partial charge on any atom is -0.480 e. The molecule has 0 amide bonds. The van der Waals surface area contributed by atoms with Gasteiger partial charge in [0.25, 0.3) is 0 Å². The van der Waals surface area contributed by atoms with Crippen LogP contribution >= 0.6 is 0 Å². The van der Waals surface area contributed by atoms with Crippen LogP contribution in [0.25, 0.3) is 0 Å². The van der Waals surface area contributed by atoms with Crippen molar-refractivity contribution in [2.24, 2.45) is 17.3 Å². The molecule has 0 radical (unpaired) electrons. The summed E-state index contributed by atoms with van der Waals surface area (Å²) in [7, 11) is 1.78. The third-order valence-corrected chi connectivity index (χ3v) is 4.78. The van der Waals surface area contributed by atoms with E-state index in [1.807, 2.05) is 0 Å². The van der Waals surface area contributed by atoms with Crippen LogP contribution in [0.15, 0.2) is 0 Å². The average molecular weight is 197 g/mol. The molecule has 0 aromatic rings. The summed E-state index contributed by atoms with van der Waals surface area (Å²) < 4.78 is 0. The third-order valence-electron chi connectivity index (χ3n) is 4.78. The topological polar surface area (TPSA) is 49.3 Å². The molecule has 0 aromatic carbocycles. The van der Waals surface area contributed by atoms with Gasteiger partial charge in [-0.05, 0) is 43.6 Å². The molecule has 3 aliphatic carbocycles. The molecule has 2 bridgehead atoms. The molecule has 80 valence electrons. The van der Waals surface area contributed by atoms with Crippen LogP contribution in [-0.4, -0.2) is 23.7 Å². The molecule has 0 aliphatic heterocycles. The Kier molecular flexibility index (Phi) is 1.94. The number of rotatable bonds is 2. The molecule has 2 N–H and O–H groups in total. The molecule has 3 fully saturated rings. The van der Waals surface area contributed by atoms with Gasteiger partial charge in [0, 0.05) is 0 Å². The van der Waals surface area contributed by atoms with E-state index >= 15 is 0 Å². The number of hydrogen-bond donors (Lipinski definition) is 2. The van der Waals surface area contributed by atoms with Gasteiger partial charge in [-0.3, -0.25) is 4.79 Å². The van der Waals surface area contributed by atoms with E-state index in [0.717, 1.165) is 25.2 Å². The summed E-state index contributed by atoms with van der Waals surface area (Å²) in [5.41, 5.74) is -0.447. The fraction of sp³-hybridized carbons (Fsp3) is 0.909. The minimum atomic E-state index is -0.670. The smallest absolute Gasteiger partial charge is 0.324 e. The van der Waals surface area contributed by atoms with Gasteiger partial charge in [-0.15, -0.1) is 0 Å². The quantitative estimate of drug-likeness (QED) is 0.705. The van der Waals surface area contributed by atoms with Crippen LogP contribution in [0.5, 0.6) is 0 Å². The molecule has 3 atom stereocenters. The van der Waals surface area contributed by atoms with Crippen LogP contribution in [0.4, 0.5) is 0 Å². The summed E-state index contributed by atoms with van der Waals surface area (Å²) in [6.07, 6.45) is 2.92. The highest BCUT2D eigenvalue weighted by molar-refractivity contribution is 5.80. The van der Waals surface area contributed by atoms with Crippen molar-refractivity contribution in [1.29, 1.82) is 0 Å². The number of aliphatic carboxylic acids is 1. The Bertz CT molecular complexity index is 272. The molecular formula is C11H19NO2. The summed E-state index contributed by atoms with van der Waals surface area (Å²) >= 11 is 0. The fourth-order valence-electron chi connectivity index (χ4n) is 3.58. The predicted molar refractivity (Wildman–Crippen MR) is 54.0 cm³/mol. The largest absolute Gasteiger partial charge is 0.480 e. The number of carboxylic acids is 1. The Morgan fingerprint density at radius 3 is 2.43 bits per heavy atom. The molecule has 3 unspecified atom stereocenters. The number of hydrogen-bond acceptors (Lipinski definition) is 2. The second-order valence-corrected chi connectivity index (χ2v) is 5.37. The molecule has 3 heteroatoms. The van der Waals surface area contributed by atoms with Crippen LogP contribution in [-0.2, 0) is 4.79 Å². The van der Waals surface area contributed by atoms with Gasteiger partial charge in [-0.1, -0.05) is 13.8 Å². The van der Waals surface area contributed by atoms with Crippen LogP contribution < -0.4 is 5.32 Å². The predicted octanol–water partition coefficient (Wildman–Crippen LogP) is 1.49. The maximum absolute atomic E-state index is 11.4. The second kappa shape index (κ2) is 2.72. The number of fused-ring (bicyclic) bond motifs is 2. The molecule has 3 rings (SSSR count). The van der Waals surface area contributed by atoms with E-state index in [2.05, 4.69) is 19.2 Å². The van der Waals surface area contributed by atoms with Gasteiger partial charge in [0.05, 0.1) is 0 Å². The Balaban J connectivity index is 2.32. The normalized spacial score (nSPS) is 44.2. The van der Waals surface area contributed by atoms with Gasteiger partial charge < -0.3 is 10.4 Å². The second-order valence-electron chi connectivity index (χ2n) is 5.37. The van der Waals surface area contributed by atoms with Crippen LogP contribution in [0.2, 0.25) is 0 Å². The summed E-state index contributed by atoms with van der Waals surface area (Å²) in [5.74, 6) is 0.376. The van der Waals surface area contributed by atoms with Crippen molar-refractivity contribution >= 4 is 5.97 Å². The van der Waals surface area contributed by atoms with Crippen molar-refractivity contribution in [3.05, 3.63) is 0 Å². The van der Waals surface area contributed by atoms with E-state index in [4.69, 9.17) is 0 Å². The van der Waals surface area contributed by atoms with Crippen LogP contribution in [0.3, 0.4) is 0 Å². The van der Waals surface area contributed by atoms with Gasteiger partial charge in [0.2, 0.25) is 0 Å². The molecule has 0 saturated heterocycles. The Morgan fingerprint density at radius 1 is 1.50 bits per heavy atom. The lowest BCUT2D eigenvalue weighted by Gasteiger charge is -2.63. The first kappa shape index (κ1) is 9.97. The third kappa shape index (κ3) is 0.937. The van der Waals surface area contributed by atoms with Gasteiger partial charge in [-0.2, -0.15) is 0 Å². The first-order valence-corrected chi connectivity index (χ1v) is 5.37. The molecular weight excluding hydrogens is 178 g/mol. The van der Waals surface area contributed by atoms with Gasteiger partial charge >= 0.3 is 5.97 Å². The number of carboxylic acid groups (broad SMARTS) is 1. The monoisotopic (exact) mass is 197 g/mol. The highest BCUT2D eigenvalue weighted by Crippen LogP contribution is 2.62. The SMILES string of the molecule is CNC1(C(=O)O)CCC2CC1C2(C)C. The lowest BCUT2D eigenvalue weighted by molar-refractivity contribution is -0.174. The maximum Gasteiger partial charge on any atom is 0.324 e. The van der Waals surface area contributed by atoms with Crippen molar-refractivity contribution < 1.29 is 9.90 Å². The summed E-state index contributed by atoms with van der Waals surface area (Å²) in [4.78, 5) is 11.4. The Hall–Kier alpha value is -0.570. The molecule has 0 spiro atoms. The summed E-state index contributed by atoms with van der Waals surface area (Å²) in [6.45, 7) is 4.42. The van der Waals surface area contributed by atoms with Crippen molar-refractivity contribution in [1.82, 2.24) is 5.32 Å². The van der Waals surface area contributed by atoms with E-state index in [1.54, 1.807) is 7.05 Å². The van der Waals surface area contributed by atoms with Gasteiger partial charge in [0.15, 0.2) is 0 Å². The first-order valence-electron chi connectivity index (χ1n) is 5.37. The van der Waals surface area contributed by atoms with E-state index < -0.39 is 11.5 Å². The highest BCUT2D eigenvalue weighted by Gasteiger charge is 2.63. The van der Waals surface area contributed by atoms with Crippen molar-refractivity contribution in [3.8, 4) is 0 Å². The highest BCUT2D eigenvalue weighted by atomic mass is 16.4. The van der Waals surface area contributed by atoms with E-state index in [9.17, 15) is 9.90 Å². The lowest BCUT2D eigenvalue weighted by Crippen LogP contribution is -2.69. The molecule has 3 saturated carbocycles. The van der Waals surface area contributed by atoms with Crippen LogP contribution in [0, 0.1) is 17.3 Å². The fourth-order valence-corrected chi connectivity index (χ4v) is 3.58. The molecule has 14 heavy (non-hydrogen) atoms. The van der Waals surface area contributed by atoms with E-state index in [0.29, 0.717) is 5.92 Å². The first-order chi connectivity index (χ1) is 6.45. The molecule has 3 nitrogen and oxygen atoms in total. The number of likely N-dealkylation sites (N-methyl/N-ethyl adjacent to an activating group) is 1. The average Bonchev–Trinajstić information content (AvgIpc) is 2.17. The van der Waals surface area contributed by atoms with Crippen LogP contribution in [0.1, 0.15) is 33.1 Å². The molecule has 3 aliphatic rings. The van der Waals surface area contributed by atoms with Gasteiger partial charge in [-0.25, -0.2) is 0 Å². The lowest BCUT2D eigenvalue weighted by atomic mass is 9.43. The number of carbonyl (C=O) groups is 1. The van der Waals surface area contributed by atoms with Gasteiger partial charge in [0.1, 0.15) is 5.54 Å². The standard InChI is InChI=1S/C11H19NO2/c1-10(2)7-4-5-11(12-3,9(13)14)8(10)6-7/h7-8,12H,4-6H2,1-3H3,(H,13,14). The Morgan fingerprint density at radius 2 is 2.14 bits per heavy atom. The van der Waals surface area contributed by atoms with E-state index in [-0.39, 0.29) is 5.41 Å². The minimum absolute atomic E-state index is 0.208. The molecule has 0 aromatic heterocycles. The zero-order valence-corrected chi connectivity index (χ0v) is 9.13. The number of nitrogens with one attached hydrogen (secondary N) is 1. The Labute approximate surface area is 84.9 Å². The molecule has 0 heterocycles.